The molecule has 0 spiro atoms. The highest BCUT2D eigenvalue weighted by Crippen LogP contribution is 2.13. The van der Waals surface area contributed by atoms with E-state index in [2.05, 4.69) is 26.2 Å². The minimum absolute atomic E-state index is 0.130. The molecule has 1 aromatic heterocycles. The van der Waals surface area contributed by atoms with Gasteiger partial charge in [-0.05, 0) is 52.7 Å². The molecule has 2 rings (SSSR count). The van der Waals surface area contributed by atoms with Crippen LogP contribution >= 0.6 is 15.9 Å². The fraction of sp³-hybridized carbons (Fsp3) is 0.200. The van der Waals surface area contributed by atoms with Crippen molar-refractivity contribution in [3.8, 4) is 5.75 Å². The number of pyridine rings is 1. The Morgan fingerprint density at radius 1 is 1.35 bits per heavy atom. The second kappa shape index (κ2) is 7.05. The molecule has 20 heavy (non-hydrogen) atoms. The van der Waals surface area contributed by atoms with E-state index in [4.69, 9.17) is 4.74 Å². The van der Waals surface area contributed by atoms with Crippen molar-refractivity contribution in [1.82, 2.24) is 10.3 Å². The van der Waals surface area contributed by atoms with Crippen LogP contribution in [-0.4, -0.2) is 17.5 Å². The van der Waals surface area contributed by atoms with Crippen LogP contribution in [-0.2, 0) is 6.54 Å². The van der Waals surface area contributed by atoms with E-state index in [0.717, 1.165) is 11.3 Å². The van der Waals surface area contributed by atoms with E-state index in [9.17, 15) is 4.79 Å². The summed E-state index contributed by atoms with van der Waals surface area (Å²) < 4.78 is 6.07. The van der Waals surface area contributed by atoms with Gasteiger partial charge in [-0.25, -0.2) is 4.98 Å². The maximum absolute atomic E-state index is 12.0. The van der Waals surface area contributed by atoms with Crippen LogP contribution < -0.4 is 10.1 Å². The molecule has 0 aliphatic heterocycles. The first-order chi connectivity index (χ1) is 9.69. The Morgan fingerprint density at radius 2 is 2.20 bits per heavy atom. The van der Waals surface area contributed by atoms with Crippen LogP contribution in [0, 0.1) is 0 Å². The number of nitrogens with one attached hydrogen (secondary N) is 1. The molecule has 0 atom stereocenters. The molecule has 0 saturated heterocycles. The van der Waals surface area contributed by atoms with Crippen LogP contribution in [0.2, 0.25) is 0 Å². The van der Waals surface area contributed by atoms with Crippen LogP contribution in [0.1, 0.15) is 22.8 Å². The normalized spacial score (nSPS) is 10.1. The number of halogens is 1. The number of hydrogen-bond donors (Lipinski definition) is 1. The number of amides is 1. The molecule has 0 aliphatic carbocycles. The predicted octanol–water partition coefficient (Wildman–Crippen LogP) is 3.17. The number of hydrogen-bond acceptors (Lipinski definition) is 3. The van der Waals surface area contributed by atoms with E-state index < -0.39 is 0 Å². The predicted molar refractivity (Wildman–Crippen MR) is 80.7 cm³/mol. The lowest BCUT2D eigenvalue weighted by atomic mass is 10.2. The van der Waals surface area contributed by atoms with Gasteiger partial charge in [-0.3, -0.25) is 4.79 Å². The Balaban J connectivity index is 1.98. The molecule has 0 unspecified atom stereocenters. The van der Waals surface area contributed by atoms with E-state index in [1.807, 2.05) is 31.2 Å². The van der Waals surface area contributed by atoms with Crippen LogP contribution in [0.4, 0.5) is 0 Å². The molecule has 4 nitrogen and oxygen atoms in total. The molecule has 1 amide bonds. The number of aromatic nitrogens is 1. The molecule has 0 radical (unpaired) electrons. The lowest BCUT2D eigenvalue weighted by Crippen LogP contribution is -2.22. The highest BCUT2D eigenvalue weighted by molar-refractivity contribution is 9.10. The Morgan fingerprint density at radius 3 is 2.95 bits per heavy atom. The highest BCUT2D eigenvalue weighted by atomic mass is 79.9. The van der Waals surface area contributed by atoms with E-state index >= 15 is 0 Å². The monoisotopic (exact) mass is 334 g/mol. The number of carbonyl (C=O) groups is 1. The third-order valence-corrected chi connectivity index (χ3v) is 3.08. The summed E-state index contributed by atoms with van der Waals surface area (Å²) in [6, 6.07) is 11.0. The number of benzene rings is 1. The largest absolute Gasteiger partial charge is 0.494 e. The molecule has 0 bridgehead atoms. The van der Waals surface area contributed by atoms with Crippen molar-refractivity contribution in [3.05, 3.63) is 58.3 Å². The van der Waals surface area contributed by atoms with Crippen molar-refractivity contribution in [1.29, 1.82) is 0 Å². The Hall–Kier alpha value is -1.88. The lowest BCUT2D eigenvalue weighted by Gasteiger charge is -2.08. The summed E-state index contributed by atoms with van der Waals surface area (Å²) in [4.78, 5) is 16.0. The van der Waals surface area contributed by atoms with Gasteiger partial charge in [0.2, 0.25) is 0 Å². The van der Waals surface area contributed by atoms with Crippen LogP contribution in [0.5, 0.6) is 5.75 Å². The van der Waals surface area contributed by atoms with E-state index in [1.165, 1.54) is 0 Å². The summed E-state index contributed by atoms with van der Waals surface area (Å²) in [6.45, 7) is 3.02. The Labute approximate surface area is 126 Å². The van der Waals surface area contributed by atoms with Crippen molar-refractivity contribution in [2.75, 3.05) is 6.61 Å². The van der Waals surface area contributed by atoms with Crippen LogP contribution in [0.25, 0.3) is 0 Å². The number of nitrogens with zero attached hydrogens (tertiary/aromatic N) is 1. The minimum atomic E-state index is -0.130. The van der Waals surface area contributed by atoms with Crippen molar-refractivity contribution in [3.63, 3.8) is 0 Å². The number of rotatable bonds is 5. The van der Waals surface area contributed by atoms with Gasteiger partial charge in [0.15, 0.2) is 0 Å². The van der Waals surface area contributed by atoms with Gasteiger partial charge in [0, 0.05) is 18.3 Å². The van der Waals surface area contributed by atoms with E-state index in [-0.39, 0.29) is 5.91 Å². The third kappa shape index (κ3) is 4.06. The standard InChI is InChI=1S/C15H15BrN2O2/c1-2-20-13-5-3-4-11(8-13)10-18-15(19)12-6-7-17-14(16)9-12/h3-9H,2,10H2,1H3,(H,18,19). The first kappa shape index (κ1) is 14.5. The number of ether oxygens (including phenoxy) is 1. The lowest BCUT2D eigenvalue weighted by molar-refractivity contribution is 0.0950. The van der Waals surface area contributed by atoms with Crippen molar-refractivity contribution in [2.24, 2.45) is 0 Å². The summed E-state index contributed by atoms with van der Waals surface area (Å²) in [6.07, 6.45) is 1.59. The fourth-order valence-electron chi connectivity index (χ4n) is 1.74. The fourth-order valence-corrected chi connectivity index (χ4v) is 2.10. The molecule has 1 N–H and O–H groups in total. The smallest absolute Gasteiger partial charge is 0.251 e. The molecule has 0 saturated carbocycles. The SMILES string of the molecule is CCOc1cccc(CNC(=O)c2ccnc(Br)c2)c1. The minimum Gasteiger partial charge on any atom is -0.494 e. The van der Waals surface area contributed by atoms with Crippen LogP contribution in [0.3, 0.4) is 0 Å². The molecular weight excluding hydrogens is 320 g/mol. The van der Waals surface area contributed by atoms with Crippen molar-refractivity contribution >= 4 is 21.8 Å². The van der Waals surface area contributed by atoms with Crippen molar-refractivity contribution < 1.29 is 9.53 Å². The van der Waals surface area contributed by atoms with Crippen molar-refractivity contribution in [2.45, 2.75) is 13.5 Å². The van der Waals surface area contributed by atoms with Gasteiger partial charge >= 0.3 is 0 Å². The highest BCUT2D eigenvalue weighted by Gasteiger charge is 2.06. The molecule has 1 aromatic carbocycles. The average molecular weight is 335 g/mol. The zero-order valence-corrected chi connectivity index (χ0v) is 12.7. The topological polar surface area (TPSA) is 51.2 Å². The summed E-state index contributed by atoms with van der Waals surface area (Å²) >= 11 is 3.25. The first-order valence-electron chi connectivity index (χ1n) is 6.30. The van der Waals surface area contributed by atoms with Gasteiger partial charge in [0.1, 0.15) is 10.4 Å². The second-order valence-electron chi connectivity index (χ2n) is 4.13. The van der Waals surface area contributed by atoms with Gasteiger partial charge in [-0.15, -0.1) is 0 Å². The van der Waals surface area contributed by atoms with Crippen LogP contribution in [0.15, 0.2) is 47.2 Å². The molecular formula is C15H15BrN2O2. The summed E-state index contributed by atoms with van der Waals surface area (Å²) in [5.74, 6) is 0.681. The van der Waals surface area contributed by atoms with E-state index in [1.54, 1.807) is 18.3 Å². The Kier molecular flexibility index (Phi) is 5.12. The summed E-state index contributed by atoms with van der Waals surface area (Å²) in [7, 11) is 0. The van der Waals surface area contributed by atoms with Gasteiger partial charge in [-0.1, -0.05) is 12.1 Å². The molecule has 1 heterocycles. The molecule has 0 aliphatic rings. The zero-order valence-electron chi connectivity index (χ0n) is 11.1. The summed E-state index contributed by atoms with van der Waals surface area (Å²) in [5, 5.41) is 2.87. The molecule has 0 fully saturated rings. The van der Waals surface area contributed by atoms with E-state index in [0.29, 0.717) is 23.3 Å². The average Bonchev–Trinajstić information content (AvgIpc) is 2.45. The maximum Gasteiger partial charge on any atom is 0.251 e. The third-order valence-electron chi connectivity index (χ3n) is 2.65. The second-order valence-corrected chi connectivity index (χ2v) is 4.94. The molecule has 5 heteroatoms. The molecule has 104 valence electrons. The van der Waals surface area contributed by atoms with Gasteiger partial charge < -0.3 is 10.1 Å². The quantitative estimate of drug-likeness (QED) is 0.854. The maximum atomic E-state index is 12.0. The zero-order chi connectivity index (χ0) is 14.4. The van der Waals surface area contributed by atoms with Gasteiger partial charge in [0.05, 0.1) is 6.61 Å². The number of carbonyl (C=O) groups excluding carboxylic acids is 1. The molecule has 2 aromatic rings. The first-order valence-corrected chi connectivity index (χ1v) is 7.10. The van der Waals surface area contributed by atoms with Gasteiger partial charge in [-0.2, -0.15) is 0 Å². The van der Waals surface area contributed by atoms with Gasteiger partial charge in [0.25, 0.3) is 5.91 Å². The Bertz CT molecular complexity index is 602. The summed E-state index contributed by atoms with van der Waals surface area (Å²) in [5.41, 5.74) is 1.57.